The number of hydrogen-bond acceptors (Lipinski definition) is 6. The van der Waals surface area contributed by atoms with Crippen LogP contribution in [0.25, 0.3) is 11.3 Å². The molecule has 0 bridgehead atoms. The highest BCUT2D eigenvalue weighted by Crippen LogP contribution is 2.57. The Hall–Kier alpha value is -3.00. The summed E-state index contributed by atoms with van der Waals surface area (Å²) in [6, 6.07) is 5.34. The van der Waals surface area contributed by atoms with Crippen LogP contribution in [0.1, 0.15) is 48.1 Å². The monoisotopic (exact) mass is 426 g/mol. The number of nitroso groups, excluding NO2 is 1. The topological polar surface area (TPSA) is 96.2 Å². The Bertz CT molecular complexity index is 1090. The highest BCUT2D eigenvalue weighted by atomic mass is 16.5. The van der Waals surface area contributed by atoms with Gasteiger partial charge in [-0.25, -0.2) is 0 Å². The molecule has 164 valence electrons. The number of rotatable bonds is 8. The second-order valence-corrected chi connectivity index (χ2v) is 8.47. The second kappa shape index (κ2) is 8.26. The van der Waals surface area contributed by atoms with Crippen LogP contribution >= 0.6 is 0 Å². The van der Waals surface area contributed by atoms with Crippen molar-refractivity contribution < 1.29 is 19.0 Å². The standard InChI is InChI=1S/C23H26N2O6/c1-23(5-6-23)21-10-14-9-20(31-8-4-7-29-2)19(30-3)11-15(14)17-12-18(26)16(13-25(17)21)22(27)24-28/h9,11-13,21H,4-8,10H2,1-3H3. The van der Waals surface area contributed by atoms with E-state index >= 15 is 0 Å². The number of carbonyl (C=O) groups is 1. The van der Waals surface area contributed by atoms with E-state index in [-0.39, 0.29) is 17.0 Å². The molecule has 2 heterocycles. The van der Waals surface area contributed by atoms with Crippen LogP contribution < -0.4 is 14.9 Å². The van der Waals surface area contributed by atoms with E-state index < -0.39 is 11.3 Å². The third kappa shape index (κ3) is 3.87. The molecule has 8 nitrogen and oxygen atoms in total. The van der Waals surface area contributed by atoms with Gasteiger partial charge in [0.15, 0.2) is 16.9 Å². The van der Waals surface area contributed by atoms with Crippen LogP contribution in [0, 0.1) is 10.3 Å². The van der Waals surface area contributed by atoms with Crippen LogP contribution in [-0.4, -0.2) is 37.9 Å². The molecule has 0 radical (unpaired) electrons. The lowest BCUT2D eigenvalue weighted by Crippen LogP contribution is -2.29. The van der Waals surface area contributed by atoms with E-state index in [2.05, 4.69) is 12.1 Å². The molecule has 1 aliphatic carbocycles. The minimum atomic E-state index is -1.04. The van der Waals surface area contributed by atoms with Gasteiger partial charge >= 0.3 is 5.91 Å². The van der Waals surface area contributed by atoms with Crippen molar-refractivity contribution in [3.05, 3.63) is 50.7 Å². The van der Waals surface area contributed by atoms with Crippen molar-refractivity contribution >= 4 is 5.91 Å². The minimum absolute atomic E-state index is 0.0588. The average molecular weight is 426 g/mol. The highest BCUT2D eigenvalue weighted by molar-refractivity contribution is 5.94. The van der Waals surface area contributed by atoms with Crippen molar-refractivity contribution in [2.45, 2.75) is 38.6 Å². The summed E-state index contributed by atoms with van der Waals surface area (Å²) in [5, 5.41) is 2.45. The van der Waals surface area contributed by atoms with Crippen LogP contribution in [-0.2, 0) is 11.2 Å². The summed E-state index contributed by atoms with van der Waals surface area (Å²) in [6.45, 7) is 3.32. The van der Waals surface area contributed by atoms with Gasteiger partial charge < -0.3 is 18.8 Å². The van der Waals surface area contributed by atoms with Gasteiger partial charge in [0.2, 0.25) is 0 Å². The summed E-state index contributed by atoms with van der Waals surface area (Å²) >= 11 is 0. The molecule has 1 aromatic heterocycles. The quantitative estimate of drug-likeness (QED) is 0.471. The minimum Gasteiger partial charge on any atom is -0.493 e. The lowest BCUT2D eigenvalue weighted by molar-refractivity contribution is 0.0998. The van der Waals surface area contributed by atoms with Crippen molar-refractivity contribution in [1.82, 2.24) is 4.57 Å². The maximum absolute atomic E-state index is 12.6. The fourth-order valence-corrected chi connectivity index (χ4v) is 4.32. The first-order chi connectivity index (χ1) is 14.9. The molecule has 0 N–H and O–H groups in total. The zero-order chi connectivity index (χ0) is 22.2. The van der Waals surface area contributed by atoms with E-state index in [0.717, 1.165) is 36.8 Å². The molecule has 31 heavy (non-hydrogen) atoms. The predicted molar refractivity (Wildman–Crippen MR) is 115 cm³/mol. The number of methoxy groups -OCH3 is 2. The Kier molecular flexibility index (Phi) is 5.66. The van der Waals surface area contributed by atoms with E-state index in [0.29, 0.717) is 30.4 Å². The van der Waals surface area contributed by atoms with Gasteiger partial charge in [0, 0.05) is 49.2 Å². The molecular formula is C23H26N2O6. The van der Waals surface area contributed by atoms with E-state index in [9.17, 15) is 14.5 Å². The summed E-state index contributed by atoms with van der Waals surface area (Å²) in [6.07, 6.45) is 5.11. The molecule has 1 aliphatic heterocycles. The van der Waals surface area contributed by atoms with Gasteiger partial charge in [0.1, 0.15) is 5.56 Å². The number of carbonyl (C=O) groups excluding carboxylic acids is 1. The maximum Gasteiger partial charge on any atom is 0.322 e. The van der Waals surface area contributed by atoms with Gasteiger partial charge in [-0.05, 0) is 42.4 Å². The number of pyridine rings is 1. The molecule has 1 saturated carbocycles. The lowest BCUT2D eigenvalue weighted by atomic mass is 9.84. The molecule has 1 fully saturated rings. The smallest absolute Gasteiger partial charge is 0.322 e. The van der Waals surface area contributed by atoms with Crippen molar-refractivity contribution in [1.29, 1.82) is 0 Å². The van der Waals surface area contributed by atoms with Gasteiger partial charge in [0.05, 0.1) is 19.4 Å². The lowest BCUT2D eigenvalue weighted by Gasteiger charge is -2.35. The first-order valence-electron chi connectivity index (χ1n) is 10.4. The SMILES string of the molecule is COCCCOc1cc2c(cc1OC)-c1cc(=O)c(C(=O)N=O)cn1C(C1(C)CC1)C2. The molecule has 1 amide bonds. The van der Waals surface area contributed by atoms with Crippen molar-refractivity contribution in [2.24, 2.45) is 10.6 Å². The van der Waals surface area contributed by atoms with Gasteiger partial charge in [-0.15, -0.1) is 4.91 Å². The Morgan fingerprint density at radius 2 is 1.97 bits per heavy atom. The highest BCUT2D eigenvalue weighted by Gasteiger charge is 2.47. The predicted octanol–water partition coefficient (Wildman–Crippen LogP) is 3.74. The Balaban J connectivity index is 1.82. The van der Waals surface area contributed by atoms with E-state index in [1.807, 2.05) is 16.7 Å². The third-order valence-corrected chi connectivity index (χ3v) is 6.40. The number of amides is 1. The van der Waals surface area contributed by atoms with Crippen molar-refractivity contribution in [3.8, 4) is 22.8 Å². The Morgan fingerprint density at radius 1 is 1.19 bits per heavy atom. The second-order valence-electron chi connectivity index (χ2n) is 8.47. The Labute approximate surface area is 180 Å². The first kappa shape index (κ1) is 21.2. The largest absolute Gasteiger partial charge is 0.493 e. The molecule has 2 aromatic rings. The Morgan fingerprint density at radius 3 is 2.61 bits per heavy atom. The van der Waals surface area contributed by atoms with Crippen LogP contribution in [0.15, 0.2) is 34.4 Å². The van der Waals surface area contributed by atoms with Gasteiger partial charge in [-0.1, -0.05) is 6.92 Å². The first-order valence-corrected chi connectivity index (χ1v) is 10.4. The van der Waals surface area contributed by atoms with E-state index in [4.69, 9.17) is 14.2 Å². The number of fused-ring (bicyclic) bond motifs is 3. The number of nitrogens with zero attached hydrogens (tertiary/aromatic N) is 2. The molecule has 1 unspecified atom stereocenters. The fourth-order valence-electron chi connectivity index (χ4n) is 4.32. The van der Waals surface area contributed by atoms with Crippen LogP contribution in [0.3, 0.4) is 0 Å². The summed E-state index contributed by atoms with van der Waals surface area (Å²) in [5.41, 5.74) is 1.99. The average Bonchev–Trinajstić information content (AvgIpc) is 3.53. The number of ether oxygens (including phenoxy) is 3. The van der Waals surface area contributed by atoms with Gasteiger partial charge in [-0.2, -0.15) is 0 Å². The summed E-state index contributed by atoms with van der Waals surface area (Å²) in [7, 11) is 3.23. The maximum atomic E-state index is 12.6. The molecule has 1 atom stereocenters. The molecule has 8 heteroatoms. The zero-order valence-corrected chi connectivity index (χ0v) is 18.0. The molecule has 4 rings (SSSR count). The van der Waals surface area contributed by atoms with Crippen LogP contribution in [0.2, 0.25) is 0 Å². The number of aromatic nitrogens is 1. The summed E-state index contributed by atoms with van der Waals surface area (Å²) < 4.78 is 18.5. The van der Waals surface area contributed by atoms with Crippen molar-refractivity contribution in [3.63, 3.8) is 0 Å². The molecular weight excluding hydrogens is 400 g/mol. The van der Waals surface area contributed by atoms with Gasteiger partial charge in [0.25, 0.3) is 0 Å². The molecule has 0 spiro atoms. The summed E-state index contributed by atoms with van der Waals surface area (Å²) in [5.74, 6) is 0.189. The third-order valence-electron chi connectivity index (χ3n) is 6.40. The fraction of sp³-hybridized carbons (Fsp3) is 0.478. The van der Waals surface area contributed by atoms with Crippen LogP contribution in [0.5, 0.6) is 11.5 Å². The number of benzene rings is 1. The molecule has 1 aromatic carbocycles. The van der Waals surface area contributed by atoms with E-state index in [1.165, 1.54) is 12.3 Å². The summed E-state index contributed by atoms with van der Waals surface area (Å²) in [4.78, 5) is 35.3. The zero-order valence-electron chi connectivity index (χ0n) is 18.0. The number of hydrogen-bond donors (Lipinski definition) is 0. The normalized spacial score (nSPS) is 18.0. The molecule has 2 aliphatic rings. The van der Waals surface area contributed by atoms with Gasteiger partial charge in [-0.3, -0.25) is 9.59 Å². The van der Waals surface area contributed by atoms with Crippen LogP contribution in [0.4, 0.5) is 0 Å². The van der Waals surface area contributed by atoms with Crippen molar-refractivity contribution in [2.75, 3.05) is 27.4 Å². The molecule has 0 saturated heterocycles. The van der Waals surface area contributed by atoms with E-state index in [1.54, 1.807) is 14.2 Å².